The van der Waals surface area contributed by atoms with E-state index in [1.165, 1.54) is 6.92 Å². The van der Waals surface area contributed by atoms with E-state index in [9.17, 15) is 9.59 Å². The predicted octanol–water partition coefficient (Wildman–Crippen LogP) is 2.69. The van der Waals surface area contributed by atoms with Crippen LogP contribution in [0.4, 0.5) is 0 Å². The van der Waals surface area contributed by atoms with Crippen LogP contribution in [-0.2, 0) is 9.59 Å². The minimum absolute atomic E-state index is 0.128. The molecule has 0 rings (SSSR count). The van der Waals surface area contributed by atoms with Gasteiger partial charge in [-0.2, -0.15) is 0 Å². The summed E-state index contributed by atoms with van der Waals surface area (Å²) in [6, 6.07) is 0. The summed E-state index contributed by atoms with van der Waals surface area (Å²) in [5.74, 6) is -0.712. The average molecular weight is 255 g/mol. The monoisotopic (exact) mass is 255 g/mol. The lowest BCUT2D eigenvalue weighted by Crippen LogP contribution is -2.36. The number of amides is 1. The van der Waals surface area contributed by atoms with Crippen LogP contribution >= 0.6 is 0 Å². The third-order valence-corrected chi connectivity index (χ3v) is 3.51. The number of hydrogen-bond donors (Lipinski definition) is 1. The molecule has 0 aliphatic carbocycles. The van der Waals surface area contributed by atoms with Crippen LogP contribution in [0.5, 0.6) is 0 Å². The molecule has 0 bridgehead atoms. The van der Waals surface area contributed by atoms with E-state index in [0.717, 1.165) is 12.8 Å². The Hall–Kier alpha value is -1.32. The van der Waals surface area contributed by atoms with Crippen molar-refractivity contribution >= 4 is 11.9 Å². The number of carbonyl (C=O) groups is 2. The number of rotatable bonds is 7. The molecule has 18 heavy (non-hydrogen) atoms. The molecule has 0 unspecified atom stereocenters. The van der Waals surface area contributed by atoms with Crippen LogP contribution in [0.2, 0.25) is 0 Å². The Morgan fingerprint density at radius 2 is 1.56 bits per heavy atom. The lowest BCUT2D eigenvalue weighted by atomic mass is 10.0. The van der Waals surface area contributed by atoms with Crippen LogP contribution in [-0.4, -0.2) is 35.0 Å². The van der Waals surface area contributed by atoms with Gasteiger partial charge in [0.1, 0.15) is 0 Å². The third-order valence-electron chi connectivity index (χ3n) is 3.51. The van der Waals surface area contributed by atoms with Gasteiger partial charge in [-0.25, -0.2) is 4.79 Å². The summed E-state index contributed by atoms with van der Waals surface area (Å²) in [6.45, 7) is 10.5. The quantitative estimate of drug-likeness (QED) is 0.712. The first kappa shape index (κ1) is 16.7. The molecule has 0 aromatic rings. The van der Waals surface area contributed by atoms with Crippen LogP contribution in [0, 0.1) is 5.92 Å². The number of carboxylic acid groups (broad SMARTS) is 1. The summed E-state index contributed by atoms with van der Waals surface area (Å²) in [4.78, 5) is 24.8. The van der Waals surface area contributed by atoms with E-state index >= 15 is 0 Å². The van der Waals surface area contributed by atoms with Gasteiger partial charge in [0.15, 0.2) is 0 Å². The highest BCUT2D eigenvalue weighted by Crippen LogP contribution is 2.14. The van der Waals surface area contributed by atoms with Crippen LogP contribution < -0.4 is 0 Å². The van der Waals surface area contributed by atoms with E-state index in [2.05, 4.69) is 13.8 Å². The largest absolute Gasteiger partial charge is 0.478 e. The number of hydrogen-bond acceptors (Lipinski definition) is 2. The molecule has 0 aliphatic rings. The van der Waals surface area contributed by atoms with Gasteiger partial charge < -0.3 is 10.0 Å². The predicted molar refractivity (Wildman–Crippen MR) is 72.3 cm³/mol. The van der Waals surface area contributed by atoms with Gasteiger partial charge in [0.25, 0.3) is 0 Å². The highest BCUT2D eigenvalue weighted by atomic mass is 16.4. The minimum Gasteiger partial charge on any atom is -0.478 e. The fourth-order valence-corrected chi connectivity index (χ4v) is 1.77. The highest BCUT2D eigenvalue weighted by Gasteiger charge is 2.20. The van der Waals surface area contributed by atoms with E-state index < -0.39 is 5.97 Å². The van der Waals surface area contributed by atoms with Crippen molar-refractivity contribution in [3.05, 3.63) is 11.1 Å². The van der Waals surface area contributed by atoms with E-state index in [1.807, 2.05) is 6.92 Å². The summed E-state index contributed by atoms with van der Waals surface area (Å²) in [5, 5.41) is 8.90. The number of nitrogens with zero attached hydrogens (tertiary/aromatic N) is 1. The number of carboxylic acids is 1. The van der Waals surface area contributed by atoms with Crippen molar-refractivity contribution in [1.82, 2.24) is 4.90 Å². The van der Waals surface area contributed by atoms with Gasteiger partial charge in [-0.15, -0.1) is 0 Å². The maximum absolute atomic E-state index is 12.2. The minimum atomic E-state index is -1.03. The lowest BCUT2D eigenvalue weighted by Gasteiger charge is -2.26. The maximum atomic E-state index is 12.2. The zero-order valence-electron chi connectivity index (χ0n) is 12.1. The van der Waals surface area contributed by atoms with Gasteiger partial charge in [-0.05, 0) is 26.7 Å². The molecular formula is C14H25NO3. The van der Waals surface area contributed by atoms with E-state index in [1.54, 1.807) is 11.8 Å². The van der Waals surface area contributed by atoms with E-state index in [-0.39, 0.29) is 11.5 Å². The Morgan fingerprint density at radius 3 is 1.89 bits per heavy atom. The van der Waals surface area contributed by atoms with Crippen molar-refractivity contribution in [3.63, 3.8) is 0 Å². The van der Waals surface area contributed by atoms with Gasteiger partial charge in [0.2, 0.25) is 5.91 Å². The zero-order chi connectivity index (χ0) is 14.3. The van der Waals surface area contributed by atoms with Crippen molar-refractivity contribution in [2.45, 2.75) is 47.5 Å². The molecule has 0 heterocycles. The second-order valence-corrected chi connectivity index (χ2v) is 4.58. The summed E-state index contributed by atoms with van der Waals surface area (Å²) >= 11 is 0. The van der Waals surface area contributed by atoms with E-state index in [4.69, 9.17) is 5.11 Å². The van der Waals surface area contributed by atoms with Crippen LogP contribution in [0.15, 0.2) is 11.1 Å². The van der Waals surface area contributed by atoms with Gasteiger partial charge >= 0.3 is 5.97 Å². The second kappa shape index (κ2) is 7.90. The summed E-state index contributed by atoms with van der Waals surface area (Å²) in [6.07, 6.45) is 2.06. The van der Waals surface area contributed by atoms with Crippen molar-refractivity contribution in [3.8, 4) is 0 Å². The molecule has 4 heteroatoms. The Kier molecular flexibility index (Phi) is 7.32. The molecule has 0 aromatic carbocycles. The Morgan fingerprint density at radius 1 is 1.06 bits per heavy atom. The summed E-state index contributed by atoms with van der Waals surface area (Å²) < 4.78 is 0. The fraction of sp³-hybridized carbons (Fsp3) is 0.714. The van der Waals surface area contributed by atoms with Crippen molar-refractivity contribution in [2.75, 3.05) is 13.1 Å². The highest BCUT2D eigenvalue weighted by molar-refractivity contribution is 6.01. The molecular weight excluding hydrogens is 230 g/mol. The van der Waals surface area contributed by atoms with Gasteiger partial charge in [0.05, 0.1) is 0 Å². The maximum Gasteiger partial charge on any atom is 0.331 e. The number of likely N-dealkylation sites (N-methyl/N-ethyl adjacent to an activating group) is 1. The molecule has 0 aliphatic heterocycles. The van der Waals surface area contributed by atoms with Crippen molar-refractivity contribution in [1.29, 1.82) is 0 Å². The first-order valence-corrected chi connectivity index (χ1v) is 6.58. The normalized spacial score (nSPS) is 12.3. The van der Waals surface area contributed by atoms with Crippen LogP contribution in [0.25, 0.3) is 0 Å². The Labute approximate surface area is 110 Å². The van der Waals surface area contributed by atoms with Crippen LogP contribution in [0.3, 0.4) is 0 Å². The van der Waals surface area contributed by atoms with Gasteiger partial charge in [-0.3, -0.25) is 4.79 Å². The zero-order valence-corrected chi connectivity index (χ0v) is 12.1. The summed E-state index contributed by atoms with van der Waals surface area (Å²) in [5.41, 5.74) is 0.457. The van der Waals surface area contributed by atoms with Gasteiger partial charge in [0, 0.05) is 24.2 Å². The standard InChI is InChI=1S/C14H25NO3/c1-6-12(7-2)9-15(8-3)13(16)10(4)11(5)14(17)18/h12H,6-9H2,1-5H3,(H,17,18). The van der Waals surface area contributed by atoms with Crippen molar-refractivity contribution < 1.29 is 14.7 Å². The topological polar surface area (TPSA) is 57.6 Å². The molecule has 4 nitrogen and oxygen atoms in total. The molecule has 0 saturated heterocycles. The SMILES string of the molecule is CCC(CC)CN(CC)C(=O)C(C)=C(C)C(=O)O. The molecule has 1 N–H and O–H groups in total. The smallest absolute Gasteiger partial charge is 0.331 e. The first-order chi connectivity index (χ1) is 8.38. The molecule has 0 aromatic heterocycles. The number of carbonyl (C=O) groups excluding carboxylic acids is 1. The molecule has 0 fully saturated rings. The average Bonchev–Trinajstić information content (AvgIpc) is 2.37. The molecule has 104 valence electrons. The molecule has 0 radical (unpaired) electrons. The Bertz CT molecular complexity index is 330. The molecule has 1 amide bonds. The molecule has 0 atom stereocenters. The van der Waals surface area contributed by atoms with Gasteiger partial charge in [-0.1, -0.05) is 26.7 Å². The third kappa shape index (κ3) is 4.51. The van der Waals surface area contributed by atoms with E-state index in [0.29, 0.717) is 24.6 Å². The van der Waals surface area contributed by atoms with Crippen molar-refractivity contribution in [2.24, 2.45) is 5.92 Å². The number of aliphatic carboxylic acids is 1. The molecule has 0 saturated carbocycles. The lowest BCUT2D eigenvalue weighted by molar-refractivity contribution is -0.134. The van der Waals surface area contributed by atoms with Crippen LogP contribution in [0.1, 0.15) is 47.5 Å². The fourth-order valence-electron chi connectivity index (χ4n) is 1.77. The second-order valence-electron chi connectivity index (χ2n) is 4.58. The molecule has 0 spiro atoms. The summed E-state index contributed by atoms with van der Waals surface area (Å²) in [7, 11) is 0. The first-order valence-electron chi connectivity index (χ1n) is 6.58. The Balaban J connectivity index is 4.92.